The predicted molar refractivity (Wildman–Crippen MR) is 117 cm³/mol. The molecule has 2 aromatic heterocycles. The van der Waals surface area contributed by atoms with Gasteiger partial charge >= 0.3 is 0 Å². The minimum absolute atomic E-state index is 0.0630. The molecule has 4 rings (SSSR count). The van der Waals surface area contributed by atoms with Crippen LogP contribution in [0.5, 0.6) is 0 Å². The van der Waals surface area contributed by atoms with Gasteiger partial charge in [-0.2, -0.15) is 0 Å². The highest BCUT2D eigenvalue weighted by Crippen LogP contribution is 2.28. The highest BCUT2D eigenvalue weighted by Gasteiger charge is 2.23. The van der Waals surface area contributed by atoms with E-state index in [1.807, 2.05) is 43.3 Å². The van der Waals surface area contributed by atoms with Crippen LogP contribution in [0.3, 0.4) is 0 Å². The van der Waals surface area contributed by atoms with Crippen LogP contribution in [0.15, 0.2) is 52.2 Å². The summed E-state index contributed by atoms with van der Waals surface area (Å²) in [6.07, 6.45) is 3.35. The third-order valence-electron chi connectivity index (χ3n) is 5.47. The number of rotatable bonds is 3. The zero-order valence-electron chi connectivity index (χ0n) is 17.2. The Balaban J connectivity index is 1.42. The van der Waals surface area contributed by atoms with Gasteiger partial charge in [-0.25, -0.2) is 0 Å². The fraction of sp³-hybridized carbons (Fsp3) is 0.318. The number of benzene rings is 1. The summed E-state index contributed by atoms with van der Waals surface area (Å²) in [5.41, 5.74) is 4.15. The summed E-state index contributed by atoms with van der Waals surface area (Å²) in [6, 6.07) is 11.5. The van der Waals surface area contributed by atoms with Crippen LogP contribution in [0.25, 0.3) is 22.2 Å². The maximum Gasteiger partial charge on any atom is 0.251 e. The van der Waals surface area contributed by atoms with Crippen molar-refractivity contribution >= 4 is 22.8 Å². The topological polar surface area (TPSA) is 109 Å². The van der Waals surface area contributed by atoms with Gasteiger partial charge in [-0.05, 0) is 38.0 Å². The minimum atomic E-state index is -0.0630. The summed E-state index contributed by atoms with van der Waals surface area (Å²) in [5, 5.41) is 10.8. The van der Waals surface area contributed by atoms with Crippen molar-refractivity contribution in [3.8, 4) is 11.3 Å². The number of guanidine groups is 1. The summed E-state index contributed by atoms with van der Waals surface area (Å²) < 4.78 is 5.52. The summed E-state index contributed by atoms with van der Waals surface area (Å²) in [4.78, 5) is 19.4. The average molecular weight is 406 g/mol. The Hall–Kier alpha value is -3.55. The van der Waals surface area contributed by atoms with Crippen molar-refractivity contribution in [3.05, 3.63) is 53.9 Å². The third kappa shape index (κ3) is 3.94. The van der Waals surface area contributed by atoms with E-state index in [0.717, 1.165) is 53.9 Å². The van der Waals surface area contributed by atoms with E-state index in [-0.39, 0.29) is 11.9 Å². The minimum Gasteiger partial charge on any atom is -0.464 e. The number of furan rings is 1. The molecule has 0 radical (unpaired) electrons. The molecule has 0 unspecified atom stereocenters. The molecule has 3 heterocycles. The molecule has 1 aliphatic rings. The number of nitrogens with one attached hydrogen (secondary N) is 2. The summed E-state index contributed by atoms with van der Waals surface area (Å²) in [7, 11) is 1.80. The lowest BCUT2D eigenvalue weighted by atomic mass is 10.0. The van der Waals surface area contributed by atoms with Gasteiger partial charge < -0.3 is 25.8 Å². The van der Waals surface area contributed by atoms with Crippen molar-refractivity contribution in [2.45, 2.75) is 25.8 Å². The fourth-order valence-corrected chi connectivity index (χ4v) is 3.90. The standard InChI is InChI=1S/C22H26N6O2/c1-14-13-19-18(9-12-30-19)20(25-14)15-3-5-16(6-4-15)21(29)26-17-7-10-28(11-8-17)22(24-2)27-23/h3-6,9,12-13,17H,7-8,10-11,23H2,1-2H3,(H,24,27)(H,26,29). The van der Waals surface area contributed by atoms with E-state index < -0.39 is 0 Å². The average Bonchev–Trinajstić information content (AvgIpc) is 3.23. The maximum atomic E-state index is 12.7. The van der Waals surface area contributed by atoms with E-state index >= 15 is 0 Å². The number of hydrogen-bond donors (Lipinski definition) is 3. The first kappa shape index (κ1) is 19.8. The third-order valence-corrected chi connectivity index (χ3v) is 5.47. The van der Waals surface area contributed by atoms with Crippen LogP contribution in [0.4, 0.5) is 0 Å². The summed E-state index contributed by atoms with van der Waals surface area (Å²) in [6.45, 7) is 3.53. The number of pyridine rings is 1. The molecule has 0 aliphatic carbocycles. The number of hydrogen-bond acceptors (Lipinski definition) is 5. The van der Waals surface area contributed by atoms with Gasteiger partial charge in [0, 0.05) is 54.5 Å². The number of nitrogens with two attached hydrogens (primary N) is 1. The Labute approximate surface area is 175 Å². The Morgan fingerprint density at radius 1 is 1.23 bits per heavy atom. The SMILES string of the molecule is CN/C(=N\N)N1CCC(NC(=O)c2ccc(-c3nc(C)cc4occc34)cc2)CC1. The molecule has 0 bridgehead atoms. The number of carbonyl (C=O) groups is 1. The normalized spacial score (nSPS) is 15.4. The van der Waals surface area contributed by atoms with E-state index in [9.17, 15) is 4.79 Å². The molecular weight excluding hydrogens is 380 g/mol. The number of aryl methyl sites for hydroxylation is 1. The van der Waals surface area contributed by atoms with Crippen LogP contribution in [-0.2, 0) is 0 Å². The first-order valence-electron chi connectivity index (χ1n) is 10.1. The van der Waals surface area contributed by atoms with E-state index in [1.165, 1.54) is 0 Å². The molecule has 8 heteroatoms. The molecule has 4 N–H and O–H groups in total. The molecule has 8 nitrogen and oxygen atoms in total. The molecule has 30 heavy (non-hydrogen) atoms. The summed E-state index contributed by atoms with van der Waals surface area (Å²) >= 11 is 0. The Morgan fingerprint density at radius 2 is 1.97 bits per heavy atom. The number of aromatic nitrogens is 1. The van der Waals surface area contributed by atoms with Crippen LogP contribution in [-0.4, -0.2) is 47.9 Å². The molecule has 3 aromatic rings. The zero-order valence-corrected chi connectivity index (χ0v) is 17.2. The Morgan fingerprint density at radius 3 is 2.63 bits per heavy atom. The monoisotopic (exact) mass is 406 g/mol. The number of hydrazone groups is 1. The molecule has 1 fully saturated rings. The molecule has 1 aliphatic heterocycles. The smallest absolute Gasteiger partial charge is 0.251 e. The number of nitrogens with zero attached hydrogens (tertiary/aromatic N) is 3. The van der Waals surface area contributed by atoms with Gasteiger partial charge in [0.05, 0.1) is 12.0 Å². The molecule has 156 valence electrons. The number of likely N-dealkylation sites (tertiary alicyclic amines) is 1. The molecular formula is C22H26N6O2. The fourth-order valence-electron chi connectivity index (χ4n) is 3.90. The Kier molecular flexibility index (Phi) is 5.56. The van der Waals surface area contributed by atoms with Crippen molar-refractivity contribution in [2.75, 3.05) is 20.1 Å². The molecule has 1 amide bonds. The molecule has 1 saturated heterocycles. The molecule has 0 spiro atoms. The number of carbonyl (C=O) groups excluding carboxylic acids is 1. The van der Waals surface area contributed by atoms with Crippen LogP contribution in [0.1, 0.15) is 28.9 Å². The number of fused-ring (bicyclic) bond motifs is 1. The predicted octanol–water partition coefficient (Wildman–Crippen LogP) is 2.45. The van der Waals surface area contributed by atoms with Gasteiger partial charge in [0.1, 0.15) is 5.58 Å². The van der Waals surface area contributed by atoms with Gasteiger partial charge in [0.2, 0.25) is 5.96 Å². The van der Waals surface area contributed by atoms with Gasteiger partial charge in [0.15, 0.2) is 0 Å². The van der Waals surface area contributed by atoms with Gasteiger partial charge in [-0.1, -0.05) is 12.1 Å². The second kappa shape index (κ2) is 8.44. The number of amides is 1. The first-order valence-corrected chi connectivity index (χ1v) is 10.1. The van der Waals surface area contributed by atoms with Crippen LogP contribution in [0.2, 0.25) is 0 Å². The number of piperidine rings is 1. The molecule has 0 atom stereocenters. The first-order chi connectivity index (χ1) is 14.6. The Bertz CT molecular complexity index is 1060. The van der Waals surface area contributed by atoms with E-state index in [2.05, 4.69) is 25.6 Å². The van der Waals surface area contributed by atoms with Gasteiger partial charge in [0.25, 0.3) is 5.91 Å². The molecule has 1 aromatic carbocycles. The second-order valence-electron chi connectivity index (χ2n) is 7.46. The maximum absolute atomic E-state index is 12.7. The van der Waals surface area contributed by atoms with Gasteiger partial charge in [-0.15, -0.1) is 5.10 Å². The molecule has 0 saturated carbocycles. The highest BCUT2D eigenvalue weighted by atomic mass is 16.3. The van der Waals surface area contributed by atoms with Crippen molar-refractivity contribution in [2.24, 2.45) is 10.9 Å². The summed E-state index contributed by atoms with van der Waals surface area (Å²) in [5.74, 6) is 6.01. The van der Waals surface area contributed by atoms with Crippen molar-refractivity contribution < 1.29 is 9.21 Å². The van der Waals surface area contributed by atoms with Crippen molar-refractivity contribution in [1.29, 1.82) is 0 Å². The van der Waals surface area contributed by atoms with Crippen LogP contribution < -0.4 is 16.5 Å². The lowest BCUT2D eigenvalue weighted by Gasteiger charge is -2.33. The van der Waals surface area contributed by atoms with Crippen LogP contribution in [0, 0.1) is 6.92 Å². The van der Waals surface area contributed by atoms with Gasteiger partial charge in [-0.3, -0.25) is 9.78 Å². The highest BCUT2D eigenvalue weighted by molar-refractivity contribution is 5.96. The lowest BCUT2D eigenvalue weighted by Crippen LogP contribution is -2.49. The quantitative estimate of drug-likeness (QED) is 0.267. The van der Waals surface area contributed by atoms with Crippen molar-refractivity contribution in [3.63, 3.8) is 0 Å². The van der Waals surface area contributed by atoms with Crippen LogP contribution >= 0.6 is 0 Å². The van der Waals surface area contributed by atoms with E-state index in [1.54, 1.807) is 13.3 Å². The van der Waals surface area contributed by atoms with E-state index in [0.29, 0.717) is 11.5 Å². The largest absolute Gasteiger partial charge is 0.464 e. The zero-order chi connectivity index (χ0) is 21.1. The van der Waals surface area contributed by atoms with E-state index in [4.69, 9.17) is 10.3 Å². The lowest BCUT2D eigenvalue weighted by molar-refractivity contribution is 0.0922. The second-order valence-corrected chi connectivity index (χ2v) is 7.46. The van der Waals surface area contributed by atoms with Crippen molar-refractivity contribution in [1.82, 2.24) is 20.5 Å².